The highest BCUT2D eigenvalue weighted by Crippen LogP contribution is 2.25. The molecule has 4 aromatic rings. The Kier molecular flexibility index (Phi) is 5.27. The average molecular weight is 493 g/mol. The largest absolute Gasteiger partial charge is 0.346 e. The summed E-state index contributed by atoms with van der Waals surface area (Å²) in [6.07, 6.45) is 6.43. The summed E-state index contributed by atoms with van der Waals surface area (Å²) in [5.74, 6) is 0.485. The molecule has 27 heavy (non-hydrogen) atoms. The Bertz CT molecular complexity index is 1080. The van der Waals surface area contributed by atoms with Crippen molar-refractivity contribution in [2.75, 3.05) is 3.11 Å². The van der Waals surface area contributed by atoms with Crippen LogP contribution in [-0.4, -0.2) is 15.0 Å². The molecule has 0 aliphatic heterocycles. The minimum absolute atomic E-state index is 0.335. The number of aromatic nitrogens is 3. The first kappa shape index (κ1) is 18.2. The molecule has 0 unspecified atom stereocenters. The van der Waals surface area contributed by atoms with Crippen LogP contribution < -0.4 is 3.11 Å². The summed E-state index contributed by atoms with van der Waals surface area (Å²) >= 11 is 8.30. The third kappa shape index (κ3) is 4.06. The van der Waals surface area contributed by atoms with Gasteiger partial charge in [-0.2, -0.15) is 0 Å². The van der Waals surface area contributed by atoms with Crippen LogP contribution in [0.1, 0.15) is 16.7 Å². The molecule has 0 bridgehead atoms. The van der Waals surface area contributed by atoms with Gasteiger partial charge in [-0.15, -0.1) is 0 Å². The van der Waals surface area contributed by atoms with Gasteiger partial charge in [0.1, 0.15) is 17.3 Å². The highest BCUT2D eigenvalue weighted by molar-refractivity contribution is 14.1. The predicted octanol–water partition coefficient (Wildman–Crippen LogP) is 5.70. The van der Waals surface area contributed by atoms with E-state index in [4.69, 9.17) is 11.6 Å². The van der Waals surface area contributed by atoms with Crippen LogP contribution in [0, 0.1) is 5.82 Å². The molecule has 0 fully saturated rings. The van der Waals surface area contributed by atoms with E-state index in [1.165, 1.54) is 17.7 Å². The monoisotopic (exact) mass is 492 g/mol. The zero-order valence-electron chi connectivity index (χ0n) is 14.2. The van der Waals surface area contributed by atoms with E-state index in [0.29, 0.717) is 11.6 Å². The Morgan fingerprint density at radius 3 is 2.78 bits per heavy atom. The number of nitrogens with one attached hydrogen (secondary N) is 1. The molecular weight excluding hydrogens is 478 g/mol. The van der Waals surface area contributed by atoms with Gasteiger partial charge in [-0.25, -0.2) is 14.4 Å². The number of hydrogen-bond donors (Lipinski definition) is 1. The minimum Gasteiger partial charge on any atom is -0.346 e. The van der Waals surface area contributed by atoms with Gasteiger partial charge in [-0.05, 0) is 47.0 Å². The van der Waals surface area contributed by atoms with Gasteiger partial charge in [0.2, 0.25) is 0 Å². The van der Waals surface area contributed by atoms with Crippen LogP contribution in [0.2, 0.25) is 5.02 Å². The standard InChI is InChI=1S/C20H15ClFIN4/c21-18-9-16(22)5-4-14(18)12-27(23)19-6-3-13(10-25-19)8-15-11-26-20-17(15)2-1-7-24-20/h1-7,9-11H,8,12H2,(H,24,26). The van der Waals surface area contributed by atoms with Crippen LogP contribution in [-0.2, 0) is 13.0 Å². The maximum atomic E-state index is 13.2. The van der Waals surface area contributed by atoms with E-state index < -0.39 is 0 Å². The van der Waals surface area contributed by atoms with Crippen LogP contribution in [0.5, 0.6) is 0 Å². The first-order chi connectivity index (χ1) is 13.1. The molecule has 0 amide bonds. The maximum absolute atomic E-state index is 13.2. The van der Waals surface area contributed by atoms with Gasteiger partial charge in [0, 0.05) is 35.4 Å². The van der Waals surface area contributed by atoms with Gasteiger partial charge in [0.05, 0.1) is 29.4 Å². The number of halogens is 3. The summed E-state index contributed by atoms with van der Waals surface area (Å²) in [6, 6.07) is 12.5. The molecular formula is C20H15ClFIN4. The summed E-state index contributed by atoms with van der Waals surface area (Å²) in [5.41, 5.74) is 4.06. The van der Waals surface area contributed by atoms with Crippen LogP contribution in [0.15, 0.2) is 61.1 Å². The number of anilines is 1. The average Bonchev–Trinajstić information content (AvgIpc) is 3.08. The Morgan fingerprint density at radius 1 is 1.11 bits per heavy atom. The Labute approximate surface area is 174 Å². The van der Waals surface area contributed by atoms with Crippen molar-refractivity contribution in [1.82, 2.24) is 15.0 Å². The summed E-state index contributed by atoms with van der Waals surface area (Å²) in [7, 11) is 0. The lowest BCUT2D eigenvalue weighted by Crippen LogP contribution is -2.11. The van der Waals surface area contributed by atoms with E-state index in [1.807, 2.05) is 27.6 Å². The SMILES string of the molecule is Fc1ccc(CN(I)c2ccc(Cc3c[nH]c4ncccc34)cn2)c(Cl)c1. The van der Waals surface area contributed by atoms with Crippen molar-refractivity contribution in [2.24, 2.45) is 0 Å². The molecule has 136 valence electrons. The summed E-state index contributed by atoms with van der Waals surface area (Å²) in [6.45, 7) is 0.542. The van der Waals surface area contributed by atoms with Crippen molar-refractivity contribution in [3.8, 4) is 0 Å². The second-order valence-electron chi connectivity index (χ2n) is 6.17. The van der Waals surface area contributed by atoms with Gasteiger partial charge < -0.3 is 4.98 Å². The van der Waals surface area contributed by atoms with E-state index in [1.54, 1.807) is 12.3 Å². The molecule has 4 rings (SSSR count). The summed E-state index contributed by atoms with van der Waals surface area (Å²) < 4.78 is 15.1. The van der Waals surface area contributed by atoms with Crippen LogP contribution in [0.3, 0.4) is 0 Å². The lowest BCUT2D eigenvalue weighted by atomic mass is 10.1. The maximum Gasteiger partial charge on any atom is 0.137 e. The second-order valence-corrected chi connectivity index (χ2v) is 7.74. The fourth-order valence-corrected chi connectivity index (χ4v) is 3.80. The van der Waals surface area contributed by atoms with Crippen molar-refractivity contribution in [2.45, 2.75) is 13.0 Å². The predicted molar refractivity (Wildman–Crippen MR) is 115 cm³/mol. The second kappa shape index (κ2) is 7.82. The molecule has 0 aliphatic carbocycles. The van der Waals surface area contributed by atoms with Gasteiger partial charge in [-0.1, -0.05) is 23.7 Å². The third-order valence-corrected chi connectivity index (χ3v) is 5.50. The van der Waals surface area contributed by atoms with Crippen molar-refractivity contribution in [3.63, 3.8) is 0 Å². The van der Waals surface area contributed by atoms with E-state index in [-0.39, 0.29) is 5.82 Å². The first-order valence-electron chi connectivity index (χ1n) is 8.33. The minimum atomic E-state index is -0.335. The summed E-state index contributed by atoms with van der Waals surface area (Å²) in [4.78, 5) is 12.1. The fraction of sp³-hybridized carbons (Fsp3) is 0.100. The van der Waals surface area contributed by atoms with Crippen molar-refractivity contribution < 1.29 is 4.39 Å². The van der Waals surface area contributed by atoms with E-state index in [0.717, 1.165) is 34.4 Å². The highest BCUT2D eigenvalue weighted by atomic mass is 127. The van der Waals surface area contributed by atoms with Gasteiger partial charge in [-0.3, -0.25) is 3.11 Å². The molecule has 1 N–H and O–H groups in total. The number of rotatable bonds is 5. The molecule has 3 heterocycles. The highest BCUT2D eigenvalue weighted by Gasteiger charge is 2.10. The molecule has 0 saturated heterocycles. The van der Waals surface area contributed by atoms with Crippen molar-refractivity contribution in [3.05, 3.63) is 88.6 Å². The number of nitrogens with zero attached hydrogens (tertiary/aromatic N) is 3. The van der Waals surface area contributed by atoms with Crippen LogP contribution >= 0.6 is 34.5 Å². The molecule has 4 nitrogen and oxygen atoms in total. The van der Waals surface area contributed by atoms with Gasteiger partial charge in [0.25, 0.3) is 0 Å². The number of pyridine rings is 2. The number of fused-ring (bicyclic) bond motifs is 1. The molecule has 3 aromatic heterocycles. The van der Waals surface area contributed by atoms with Crippen LogP contribution in [0.4, 0.5) is 10.2 Å². The molecule has 0 aliphatic rings. The zero-order valence-corrected chi connectivity index (χ0v) is 17.1. The molecule has 0 spiro atoms. The third-order valence-electron chi connectivity index (χ3n) is 4.31. The lowest BCUT2D eigenvalue weighted by Gasteiger charge is -2.16. The first-order valence-corrected chi connectivity index (χ1v) is 9.67. The van der Waals surface area contributed by atoms with E-state index >= 15 is 0 Å². The normalized spacial score (nSPS) is 11.1. The molecule has 0 atom stereocenters. The summed E-state index contributed by atoms with van der Waals surface area (Å²) in [5, 5.41) is 1.55. The molecule has 0 radical (unpaired) electrons. The fourth-order valence-electron chi connectivity index (χ4n) is 2.92. The Hall–Kier alpha value is -2.19. The lowest BCUT2D eigenvalue weighted by molar-refractivity contribution is 0.627. The van der Waals surface area contributed by atoms with E-state index in [9.17, 15) is 4.39 Å². The molecule has 1 aromatic carbocycles. The Morgan fingerprint density at radius 2 is 2.00 bits per heavy atom. The van der Waals surface area contributed by atoms with Crippen LogP contribution in [0.25, 0.3) is 11.0 Å². The zero-order chi connectivity index (χ0) is 18.8. The smallest absolute Gasteiger partial charge is 0.137 e. The molecule has 7 heteroatoms. The van der Waals surface area contributed by atoms with E-state index in [2.05, 4.69) is 49.9 Å². The Balaban J connectivity index is 1.48. The number of hydrogen-bond acceptors (Lipinski definition) is 3. The number of H-pyrrole nitrogens is 1. The quantitative estimate of drug-likeness (QED) is 0.287. The number of benzene rings is 1. The van der Waals surface area contributed by atoms with Gasteiger partial charge >= 0.3 is 0 Å². The van der Waals surface area contributed by atoms with Crippen molar-refractivity contribution >= 4 is 51.3 Å². The molecule has 0 saturated carbocycles. The van der Waals surface area contributed by atoms with Crippen molar-refractivity contribution in [1.29, 1.82) is 0 Å². The number of aromatic amines is 1. The van der Waals surface area contributed by atoms with Gasteiger partial charge in [0.15, 0.2) is 0 Å². The topological polar surface area (TPSA) is 44.8 Å².